The van der Waals surface area contributed by atoms with Gasteiger partial charge < -0.3 is 15.0 Å². The molecule has 10 heteroatoms. The maximum absolute atomic E-state index is 13.6. The van der Waals surface area contributed by atoms with Crippen molar-refractivity contribution in [1.82, 2.24) is 10.2 Å². The highest BCUT2D eigenvalue weighted by Gasteiger charge is 2.31. The van der Waals surface area contributed by atoms with Crippen LogP contribution in [0, 0.1) is 0 Å². The number of carbonyl (C=O) groups is 2. The van der Waals surface area contributed by atoms with Crippen LogP contribution in [0.5, 0.6) is 5.75 Å². The van der Waals surface area contributed by atoms with Crippen molar-refractivity contribution in [3.8, 4) is 5.75 Å². The molecule has 35 heavy (non-hydrogen) atoms. The summed E-state index contributed by atoms with van der Waals surface area (Å²) in [6.45, 7) is 5.79. The number of carbonyl (C=O) groups excluding carboxylic acids is 2. The second-order valence-electron chi connectivity index (χ2n) is 8.10. The Morgan fingerprint density at radius 1 is 1.09 bits per heavy atom. The van der Waals surface area contributed by atoms with Gasteiger partial charge in [0.25, 0.3) is 0 Å². The molecule has 0 spiro atoms. The number of halogens is 1. The lowest BCUT2D eigenvalue weighted by atomic mass is 10.1. The highest BCUT2D eigenvalue weighted by atomic mass is 35.5. The summed E-state index contributed by atoms with van der Waals surface area (Å²) >= 11 is 6.33. The van der Waals surface area contributed by atoms with Crippen LogP contribution in [0.1, 0.15) is 39.2 Å². The molecule has 1 N–H and O–H groups in total. The van der Waals surface area contributed by atoms with E-state index in [0.29, 0.717) is 29.5 Å². The van der Waals surface area contributed by atoms with Gasteiger partial charge in [-0.25, -0.2) is 8.42 Å². The second kappa shape index (κ2) is 13.3. The number of hydrogen-bond acceptors (Lipinski definition) is 5. The van der Waals surface area contributed by atoms with E-state index in [1.165, 1.54) is 4.90 Å². The smallest absolute Gasteiger partial charge is 0.244 e. The Balaban J connectivity index is 2.41. The summed E-state index contributed by atoms with van der Waals surface area (Å²) in [5, 5.41) is 3.29. The number of hydrogen-bond donors (Lipinski definition) is 1. The molecule has 2 rings (SSSR count). The Hall–Kier alpha value is -2.78. The van der Waals surface area contributed by atoms with Crippen molar-refractivity contribution >= 4 is 39.1 Å². The second-order valence-corrected chi connectivity index (χ2v) is 10.4. The fourth-order valence-electron chi connectivity index (χ4n) is 3.46. The Labute approximate surface area is 213 Å². The lowest BCUT2D eigenvalue weighted by Gasteiger charge is -2.32. The zero-order valence-corrected chi connectivity index (χ0v) is 22.2. The minimum absolute atomic E-state index is 0.0472. The summed E-state index contributed by atoms with van der Waals surface area (Å²) in [6, 6.07) is 12.8. The molecule has 8 nitrogen and oxygen atoms in total. The van der Waals surface area contributed by atoms with Crippen LogP contribution in [0.2, 0.25) is 5.02 Å². The molecule has 0 aliphatic heterocycles. The van der Waals surface area contributed by atoms with Crippen molar-refractivity contribution < 1.29 is 22.7 Å². The van der Waals surface area contributed by atoms with Gasteiger partial charge in [0.1, 0.15) is 18.3 Å². The molecule has 0 bridgehead atoms. The fourth-order valence-corrected chi connectivity index (χ4v) is 4.51. The molecule has 0 aromatic heterocycles. The summed E-state index contributed by atoms with van der Waals surface area (Å²) in [4.78, 5) is 27.8. The van der Waals surface area contributed by atoms with Gasteiger partial charge >= 0.3 is 0 Å². The molecule has 192 valence electrons. The molecule has 0 saturated carbocycles. The molecule has 0 aliphatic rings. The lowest BCUT2D eigenvalue weighted by Crippen LogP contribution is -2.51. The van der Waals surface area contributed by atoms with Gasteiger partial charge in [0.15, 0.2) is 0 Å². The number of para-hydroxylation sites is 2. The molecule has 2 amide bonds. The van der Waals surface area contributed by atoms with Crippen molar-refractivity contribution in [3.05, 3.63) is 59.1 Å². The molecule has 1 unspecified atom stereocenters. The average Bonchev–Trinajstić information content (AvgIpc) is 2.81. The third kappa shape index (κ3) is 8.14. The number of nitrogens with zero attached hydrogens (tertiary/aromatic N) is 2. The van der Waals surface area contributed by atoms with Crippen molar-refractivity contribution in [2.75, 3.05) is 30.3 Å². The normalized spacial score (nSPS) is 12.0. The number of amides is 2. The molecular weight excluding hydrogens is 490 g/mol. The number of benzene rings is 2. The highest BCUT2D eigenvalue weighted by Crippen LogP contribution is 2.30. The van der Waals surface area contributed by atoms with Crippen LogP contribution in [0.3, 0.4) is 0 Å². The van der Waals surface area contributed by atoms with Crippen LogP contribution in [-0.4, -0.2) is 57.1 Å². The molecule has 0 heterocycles. The first-order valence-electron chi connectivity index (χ1n) is 11.6. The summed E-state index contributed by atoms with van der Waals surface area (Å²) in [6.07, 6.45) is 2.76. The highest BCUT2D eigenvalue weighted by molar-refractivity contribution is 7.92. The van der Waals surface area contributed by atoms with Crippen molar-refractivity contribution in [2.24, 2.45) is 0 Å². The maximum atomic E-state index is 13.6. The minimum atomic E-state index is -3.85. The first-order chi connectivity index (χ1) is 16.6. The fraction of sp³-hybridized carbons (Fsp3) is 0.440. The third-order valence-corrected chi connectivity index (χ3v) is 6.90. The van der Waals surface area contributed by atoms with Gasteiger partial charge in [-0.3, -0.25) is 13.9 Å². The molecule has 0 saturated heterocycles. The summed E-state index contributed by atoms with van der Waals surface area (Å²) < 4.78 is 32.1. The largest absolute Gasteiger partial charge is 0.492 e. The van der Waals surface area contributed by atoms with Gasteiger partial charge in [0.05, 0.1) is 18.6 Å². The van der Waals surface area contributed by atoms with Gasteiger partial charge in [-0.2, -0.15) is 0 Å². The van der Waals surface area contributed by atoms with Crippen molar-refractivity contribution in [2.45, 2.75) is 46.2 Å². The van der Waals surface area contributed by atoms with E-state index in [1.807, 2.05) is 6.92 Å². The van der Waals surface area contributed by atoms with Crippen LogP contribution in [0.15, 0.2) is 48.5 Å². The van der Waals surface area contributed by atoms with Crippen LogP contribution >= 0.6 is 11.6 Å². The van der Waals surface area contributed by atoms with E-state index in [1.54, 1.807) is 62.4 Å². The first kappa shape index (κ1) is 28.5. The van der Waals surface area contributed by atoms with Crippen molar-refractivity contribution in [1.29, 1.82) is 0 Å². The van der Waals surface area contributed by atoms with Gasteiger partial charge in [-0.1, -0.05) is 55.3 Å². The first-order valence-corrected chi connectivity index (χ1v) is 13.8. The number of unbranched alkanes of at least 4 members (excludes halogenated alkanes) is 1. The van der Waals surface area contributed by atoms with E-state index >= 15 is 0 Å². The number of nitrogens with one attached hydrogen (secondary N) is 1. The van der Waals surface area contributed by atoms with Gasteiger partial charge in [-0.15, -0.1) is 0 Å². The van der Waals surface area contributed by atoms with Gasteiger partial charge in [0.2, 0.25) is 21.8 Å². The van der Waals surface area contributed by atoms with E-state index in [4.69, 9.17) is 16.3 Å². The molecule has 1 atom stereocenters. The Kier molecular flexibility index (Phi) is 10.9. The van der Waals surface area contributed by atoms with Crippen LogP contribution < -0.4 is 14.4 Å². The van der Waals surface area contributed by atoms with E-state index in [9.17, 15) is 18.0 Å². The Morgan fingerprint density at radius 2 is 1.74 bits per heavy atom. The van der Waals surface area contributed by atoms with E-state index in [2.05, 4.69) is 5.32 Å². The predicted molar refractivity (Wildman–Crippen MR) is 139 cm³/mol. The molecule has 0 aliphatic carbocycles. The average molecular weight is 524 g/mol. The lowest BCUT2D eigenvalue weighted by molar-refractivity contribution is -0.139. The van der Waals surface area contributed by atoms with E-state index in [0.717, 1.165) is 23.4 Å². The molecule has 0 fully saturated rings. The monoisotopic (exact) mass is 523 g/mol. The maximum Gasteiger partial charge on any atom is 0.244 e. The standard InChI is InChI=1S/C25H34ClN3O5S/c1-5-7-16-27-25(31)19(3)28(17-20-12-8-9-13-21(20)26)24(30)18-29(35(4,32)33)22-14-10-11-15-23(22)34-6-2/h8-15,19H,5-7,16-18H2,1-4H3,(H,27,31). The quantitative estimate of drug-likeness (QED) is 0.402. The SMILES string of the molecule is CCCCNC(=O)C(C)N(Cc1ccccc1Cl)C(=O)CN(c1ccccc1OCC)S(C)(=O)=O. The zero-order chi connectivity index (χ0) is 26.0. The van der Waals surface area contributed by atoms with Crippen LogP contribution in [-0.2, 0) is 26.2 Å². The minimum Gasteiger partial charge on any atom is -0.492 e. The summed E-state index contributed by atoms with van der Waals surface area (Å²) in [5.74, 6) is -0.518. The Morgan fingerprint density at radius 3 is 2.37 bits per heavy atom. The van der Waals surface area contributed by atoms with Crippen LogP contribution in [0.25, 0.3) is 0 Å². The zero-order valence-electron chi connectivity index (χ0n) is 20.7. The van der Waals surface area contributed by atoms with Crippen molar-refractivity contribution in [3.63, 3.8) is 0 Å². The van der Waals surface area contributed by atoms with E-state index < -0.39 is 28.5 Å². The third-order valence-electron chi connectivity index (χ3n) is 5.41. The van der Waals surface area contributed by atoms with Gasteiger partial charge in [-0.05, 0) is 44.0 Å². The number of anilines is 1. The predicted octanol–water partition coefficient (Wildman–Crippen LogP) is 3.84. The molecular formula is C25H34ClN3O5S. The summed E-state index contributed by atoms with van der Waals surface area (Å²) in [5.41, 5.74) is 0.902. The number of ether oxygens (including phenoxy) is 1. The topological polar surface area (TPSA) is 96.0 Å². The van der Waals surface area contributed by atoms with Gasteiger partial charge in [0, 0.05) is 18.1 Å². The summed E-state index contributed by atoms with van der Waals surface area (Å²) in [7, 11) is -3.85. The number of sulfonamides is 1. The van der Waals surface area contributed by atoms with E-state index in [-0.39, 0.29) is 18.1 Å². The molecule has 0 radical (unpaired) electrons. The number of rotatable bonds is 13. The van der Waals surface area contributed by atoms with Crippen LogP contribution in [0.4, 0.5) is 5.69 Å². The Bertz CT molecular complexity index is 1110. The molecule has 2 aromatic carbocycles. The molecule has 2 aromatic rings.